The summed E-state index contributed by atoms with van der Waals surface area (Å²) in [7, 11) is 0. The molecule has 224 valence electrons. The molecule has 4 aromatic rings. The van der Waals surface area contributed by atoms with Gasteiger partial charge in [-0.1, -0.05) is 29.5 Å². The highest BCUT2D eigenvalue weighted by Gasteiger charge is 2.18. The quantitative estimate of drug-likeness (QED) is 0.0962. The number of hydrogen-bond acceptors (Lipinski definition) is 13. The number of ether oxygens (including phenoxy) is 2. The molecule has 0 radical (unpaired) electrons. The topological polar surface area (TPSA) is 211 Å². The first-order chi connectivity index (χ1) is 20.6. The molecule has 1 aromatic heterocycles. The SMILES string of the molecule is Cc1ccc(Nc2nc(C)c(C(/C=C/c3ccc4c(c3)OCO4)=N/Nc3ccc([NH+]([O-])O)cc3[NH+]([O-])O)s2)c([NH+]([O-])O)c1. The molecule has 16 heteroatoms. The first-order valence-electron chi connectivity index (χ1n) is 12.7. The fourth-order valence-corrected chi connectivity index (χ4v) is 5.12. The molecule has 0 amide bonds. The standard InChI is InChI=1S/C27H27N7O8S/c1-15-3-7-19(22(11-15)33(37)38)29-27-28-16(2)26(43-27)21(8-4-17-5-10-24-25(12-17)42-14-41-24)31-30-20-9-6-18(32(35)36)13-23(20)34(39)40/h3-13,30,32-35,37,39H,14H2,1-2H3,(H,28,29)/b8-4+,31-21+. The van der Waals surface area contributed by atoms with Crippen LogP contribution in [-0.2, 0) is 0 Å². The Labute approximate surface area is 248 Å². The van der Waals surface area contributed by atoms with Gasteiger partial charge in [0, 0.05) is 12.1 Å². The van der Waals surface area contributed by atoms with Crippen LogP contribution in [-0.4, -0.2) is 33.1 Å². The van der Waals surface area contributed by atoms with E-state index in [1.807, 2.05) is 6.07 Å². The van der Waals surface area contributed by atoms with Gasteiger partial charge in [-0.2, -0.15) is 20.8 Å². The highest BCUT2D eigenvalue weighted by atomic mass is 32.1. The molecule has 0 fully saturated rings. The van der Waals surface area contributed by atoms with Crippen molar-refractivity contribution >= 4 is 56.7 Å². The lowest BCUT2D eigenvalue weighted by molar-refractivity contribution is -0.996. The summed E-state index contributed by atoms with van der Waals surface area (Å²) in [5, 5.41) is 67.9. The molecule has 15 nitrogen and oxygen atoms in total. The first-order valence-corrected chi connectivity index (χ1v) is 13.5. The maximum atomic E-state index is 11.9. The molecular formula is C27H27N7O8S. The highest BCUT2D eigenvalue weighted by molar-refractivity contribution is 7.18. The van der Waals surface area contributed by atoms with Gasteiger partial charge < -0.3 is 30.4 Å². The molecule has 3 atom stereocenters. The molecule has 1 aliphatic rings. The summed E-state index contributed by atoms with van der Waals surface area (Å²) in [4.78, 5) is 5.17. The van der Waals surface area contributed by atoms with E-state index in [1.54, 1.807) is 56.3 Å². The number of hydrazone groups is 1. The van der Waals surface area contributed by atoms with Crippen LogP contribution in [0.15, 0.2) is 65.8 Å². The molecule has 43 heavy (non-hydrogen) atoms. The van der Waals surface area contributed by atoms with E-state index in [0.717, 1.165) is 17.2 Å². The lowest BCUT2D eigenvalue weighted by atomic mass is 10.1. The number of thiazole rings is 1. The summed E-state index contributed by atoms with van der Waals surface area (Å²) in [5.41, 5.74) is 5.38. The van der Waals surface area contributed by atoms with Gasteiger partial charge in [0.05, 0.1) is 16.6 Å². The summed E-state index contributed by atoms with van der Waals surface area (Å²) >= 11 is 1.22. The van der Waals surface area contributed by atoms with Gasteiger partial charge in [0.1, 0.15) is 17.1 Å². The van der Waals surface area contributed by atoms with E-state index in [1.165, 1.54) is 23.5 Å². The molecule has 0 saturated carbocycles. The van der Waals surface area contributed by atoms with Crippen LogP contribution in [0.25, 0.3) is 6.08 Å². The zero-order valence-electron chi connectivity index (χ0n) is 22.7. The Hall–Kier alpha value is -4.46. The predicted octanol–water partition coefficient (Wildman–Crippen LogP) is 1.97. The third-order valence-corrected chi connectivity index (χ3v) is 7.40. The van der Waals surface area contributed by atoms with Gasteiger partial charge in [0.25, 0.3) is 0 Å². The molecule has 8 N–H and O–H groups in total. The number of nitrogens with zero attached hydrogens (tertiary/aromatic N) is 2. The number of anilines is 3. The Morgan fingerprint density at radius 3 is 2.37 bits per heavy atom. The normalized spacial score (nSPS) is 15.0. The second-order valence-electron chi connectivity index (χ2n) is 9.34. The van der Waals surface area contributed by atoms with Crippen LogP contribution in [0.5, 0.6) is 11.5 Å². The van der Waals surface area contributed by atoms with Crippen LogP contribution in [0.3, 0.4) is 0 Å². The van der Waals surface area contributed by atoms with Gasteiger partial charge in [-0.15, -0.1) is 0 Å². The minimum Gasteiger partial charge on any atom is -0.595 e. The fourth-order valence-electron chi connectivity index (χ4n) is 4.17. The molecule has 3 unspecified atom stereocenters. The van der Waals surface area contributed by atoms with Gasteiger partial charge in [0.15, 0.2) is 33.7 Å². The molecule has 5 rings (SSSR count). The molecule has 0 spiro atoms. The minimum absolute atomic E-state index is 0.0813. The number of fused-ring (bicyclic) bond motifs is 1. The second-order valence-corrected chi connectivity index (χ2v) is 10.3. The van der Waals surface area contributed by atoms with E-state index in [2.05, 4.69) is 20.8 Å². The van der Waals surface area contributed by atoms with E-state index in [4.69, 9.17) is 9.47 Å². The van der Waals surface area contributed by atoms with Crippen molar-refractivity contribution < 1.29 is 40.8 Å². The van der Waals surface area contributed by atoms with Crippen molar-refractivity contribution in [3.05, 3.63) is 98.0 Å². The van der Waals surface area contributed by atoms with Crippen LogP contribution in [0.2, 0.25) is 0 Å². The number of aryl methyl sites for hydroxylation is 2. The van der Waals surface area contributed by atoms with E-state index < -0.39 is 15.7 Å². The molecule has 1 aliphatic heterocycles. The van der Waals surface area contributed by atoms with Crippen molar-refractivity contribution in [3.63, 3.8) is 0 Å². The number of rotatable bonds is 10. The molecule has 0 bridgehead atoms. The van der Waals surface area contributed by atoms with Gasteiger partial charge in [-0.05, 0) is 55.3 Å². The predicted molar refractivity (Wildman–Crippen MR) is 157 cm³/mol. The van der Waals surface area contributed by atoms with E-state index in [-0.39, 0.29) is 29.5 Å². The molecular weight excluding hydrogens is 582 g/mol. The number of quaternary nitrogens is 3. The summed E-state index contributed by atoms with van der Waals surface area (Å²) in [6.07, 6.45) is 3.48. The number of allylic oxidation sites excluding steroid dienone is 1. The van der Waals surface area contributed by atoms with E-state index in [9.17, 15) is 31.2 Å². The first kappa shape index (κ1) is 30.0. The van der Waals surface area contributed by atoms with Crippen LogP contribution in [0, 0.1) is 29.5 Å². The van der Waals surface area contributed by atoms with Gasteiger partial charge in [-0.3, -0.25) is 5.43 Å². The van der Waals surface area contributed by atoms with Crippen LogP contribution >= 0.6 is 11.3 Å². The third-order valence-electron chi connectivity index (χ3n) is 6.30. The van der Waals surface area contributed by atoms with Crippen molar-refractivity contribution in [2.75, 3.05) is 17.5 Å². The number of aromatic nitrogens is 1. The summed E-state index contributed by atoms with van der Waals surface area (Å²) in [6.45, 7) is 3.69. The van der Waals surface area contributed by atoms with Gasteiger partial charge >= 0.3 is 0 Å². The Bertz CT molecular complexity index is 1690. The Kier molecular flexibility index (Phi) is 8.94. The Morgan fingerprint density at radius 2 is 1.63 bits per heavy atom. The number of hydrogen-bond donors (Lipinski definition) is 8. The summed E-state index contributed by atoms with van der Waals surface area (Å²) in [6, 6.07) is 14.1. The number of benzene rings is 3. The molecule has 0 saturated heterocycles. The molecule has 2 heterocycles. The minimum atomic E-state index is -1.33. The van der Waals surface area contributed by atoms with Crippen molar-refractivity contribution in [1.29, 1.82) is 0 Å². The van der Waals surface area contributed by atoms with Crippen LogP contribution < -0.4 is 35.9 Å². The second kappa shape index (κ2) is 12.8. The maximum Gasteiger partial charge on any atom is 0.231 e. The average Bonchev–Trinajstić information content (AvgIpc) is 3.59. The third kappa shape index (κ3) is 6.96. The molecule has 3 aromatic carbocycles. The molecule has 0 aliphatic carbocycles. The lowest BCUT2D eigenvalue weighted by Crippen LogP contribution is -3.00. The lowest BCUT2D eigenvalue weighted by Gasteiger charge is -2.18. The van der Waals surface area contributed by atoms with Crippen LogP contribution in [0.1, 0.15) is 21.7 Å². The zero-order chi connectivity index (χ0) is 30.7. The van der Waals surface area contributed by atoms with Crippen molar-refractivity contribution in [3.8, 4) is 11.5 Å². The largest absolute Gasteiger partial charge is 0.595 e. The summed E-state index contributed by atoms with van der Waals surface area (Å²) in [5.74, 6) is 1.22. The van der Waals surface area contributed by atoms with E-state index in [0.29, 0.717) is 38.6 Å². The maximum absolute atomic E-state index is 11.9. The van der Waals surface area contributed by atoms with Crippen molar-refractivity contribution in [2.45, 2.75) is 13.8 Å². The van der Waals surface area contributed by atoms with Crippen molar-refractivity contribution in [1.82, 2.24) is 4.98 Å². The van der Waals surface area contributed by atoms with Crippen molar-refractivity contribution in [2.24, 2.45) is 5.10 Å². The van der Waals surface area contributed by atoms with Gasteiger partial charge in [-0.25, -0.2) is 20.6 Å². The van der Waals surface area contributed by atoms with Gasteiger partial charge in [0.2, 0.25) is 6.79 Å². The Morgan fingerprint density at radius 1 is 0.907 bits per heavy atom. The fraction of sp³-hybridized carbons (Fsp3) is 0.111. The van der Waals surface area contributed by atoms with E-state index >= 15 is 0 Å². The highest BCUT2D eigenvalue weighted by Crippen LogP contribution is 2.34. The Balaban J connectivity index is 1.51. The monoisotopic (exact) mass is 609 g/mol. The average molecular weight is 610 g/mol. The number of nitrogens with one attached hydrogen (secondary N) is 5. The van der Waals surface area contributed by atoms with Crippen LogP contribution in [0.4, 0.5) is 33.6 Å². The zero-order valence-corrected chi connectivity index (χ0v) is 23.6. The summed E-state index contributed by atoms with van der Waals surface area (Å²) < 4.78 is 10.8. The smallest absolute Gasteiger partial charge is 0.231 e.